The molecular formula is C57H64N6O5. The van der Waals surface area contributed by atoms with Crippen molar-refractivity contribution in [3.05, 3.63) is 130 Å². The van der Waals surface area contributed by atoms with Gasteiger partial charge in [-0.3, -0.25) is 24.2 Å². The molecule has 0 spiro atoms. The Bertz CT molecular complexity index is 2830. The Hall–Kier alpha value is -6.04. The van der Waals surface area contributed by atoms with Crippen LogP contribution in [0.2, 0.25) is 0 Å². The van der Waals surface area contributed by atoms with Crippen LogP contribution in [0, 0.1) is 6.92 Å². The fourth-order valence-electron chi connectivity index (χ4n) is 13.3. The van der Waals surface area contributed by atoms with Gasteiger partial charge in [0.1, 0.15) is 6.10 Å². The maximum atomic E-state index is 14.3. The maximum absolute atomic E-state index is 14.3. The van der Waals surface area contributed by atoms with Gasteiger partial charge in [-0.1, -0.05) is 84.9 Å². The molecule has 2 N–H and O–H groups in total. The first-order chi connectivity index (χ1) is 32.9. The summed E-state index contributed by atoms with van der Waals surface area (Å²) in [5.41, 5.74) is 11.0. The van der Waals surface area contributed by atoms with Gasteiger partial charge in [-0.15, -0.1) is 0 Å². The van der Waals surface area contributed by atoms with Crippen LogP contribution in [0.3, 0.4) is 0 Å². The molecule has 4 atom stereocenters. The number of amides is 4. The molecular weight excluding hydrogens is 849 g/mol. The molecule has 11 rings (SSSR count). The molecule has 0 radical (unpaired) electrons. The van der Waals surface area contributed by atoms with Gasteiger partial charge < -0.3 is 25.2 Å². The van der Waals surface area contributed by atoms with E-state index in [4.69, 9.17) is 4.74 Å². The molecule has 0 bridgehead atoms. The highest BCUT2D eigenvalue weighted by Gasteiger charge is 2.51. The smallest absolute Gasteiger partial charge is 0.407 e. The molecule has 3 fully saturated rings. The van der Waals surface area contributed by atoms with Gasteiger partial charge in [0.05, 0.1) is 17.9 Å². The van der Waals surface area contributed by atoms with E-state index in [0.717, 1.165) is 100 Å². The number of piperidine rings is 2. The van der Waals surface area contributed by atoms with Crippen LogP contribution in [0.5, 0.6) is 0 Å². The van der Waals surface area contributed by atoms with E-state index in [-0.39, 0.29) is 53.8 Å². The molecule has 5 aliphatic heterocycles. The Morgan fingerprint density at radius 1 is 0.809 bits per heavy atom. The summed E-state index contributed by atoms with van der Waals surface area (Å²) >= 11 is 0. The zero-order chi connectivity index (χ0) is 46.9. The predicted molar refractivity (Wildman–Crippen MR) is 267 cm³/mol. The lowest BCUT2D eigenvalue weighted by Crippen LogP contribution is -2.54. The number of aryl methyl sites for hydroxylation is 2. The number of carbonyl (C=O) groups excluding carboxylic acids is 4. The zero-order valence-corrected chi connectivity index (χ0v) is 40.0. The van der Waals surface area contributed by atoms with Crippen LogP contribution in [-0.4, -0.2) is 91.6 Å². The number of hydrogen-bond donors (Lipinski definition) is 2. The van der Waals surface area contributed by atoms with Crippen molar-refractivity contribution in [1.82, 2.24) is 20.4 Å². The van der Waals surface area contributed by atoms with Crippen LogP contribution in [0.1, 0.15) is 105 Å². The molecule has 5 aromatic carbocycles. The standard InChI is InChI=1S/C57H64N6O5/c1-36-11-9-14-45-43(20-18-39(52(36)45)35-60-27-22-40(23-28-60)62-49-16-7-5-13-44(49)46(53(62)65)32-42-34-59-55(67)68-42)37-19-21-47-38(31-37)12-10-26-57(47,3)61-29-24-41(25-30-61)63-50-17-8-6-15-48(50)56(2,54(63)66)33-51(64)58-4/h5-9,11,13-21,31,40-42,46H,10,12,22-30,32-35H2,1-4H3,(H,58,64)(H,59,67). The number of fused-ring (bicyclic) bond motifs is 4. The molecule has 11 heteroatoms. The third-order valence-electron chi connectivity index (χ3n) is 16.9. The van der Waals surface area contributed by atoms with Crippen molar-refractivity contribution in [3.63, 3.8) is 0 Å². The summed E-state index contributed by atoms with van der Waals surface area (Å²) < 4.78 is 5.45. The minimum Gasteiger partial charge on any atom is -0.444 e. The van der Waals surface area contributed by atoms with Crippen molar-refractivity contribution >= 4 is 46.0 Å². The summed E-state index contributed by atoms with van der Waals surface area (Å²) in [5.74, 6) is -0.243. The molecule has 6 aliphatic rings. The minimum absolute atomic E-state index is 0.0429. The SMILES string of the molecule is CNC(=O)CC1(C)C(=O)N(C2CCN(C3(C)CCCc4cc(-c5ccc(CN6CCC(N7C(=O)C(CC8CNC(=O)O8)c8ccccc87)CC6)c6c(C)cccc56)ccc43)CC2)c2ccccc21. The third kappa shape index (κ3) is 7.48. The number of ether oxygens (including phenoxy) is 1. The van der Waals surface area contributed by atoms with Gasteiger partial charge in [-0.2, -0.15) is 0 Å². The summed E-state index contributed by atoms with van der Waals surface area (Å²) in [6.45, 7) is 11.5. The number of nitrogens with zero attached hydrogens (tertiary/aromatic N) is 4. The molecule has 11 nitrogen and oxygen atoms in total. The summed E-state index contributed by atoms with van der Waals surface area (Å²) in [5, 5.41) is 8.10. The van der Waals surface area contributed by atoms with Crippen LogP contribution >= 0.6 is 0 Å². The fourth-order valence-corrected chi connectivity index (χ4v) is 13.3. The molecule has 5 heterocycles. The second-order valence-corrected chi connectivity index (χ2v) is 20.8. The Morgan fingerprint density at radius 2 is 1.54 bits per heavy atom. The van der Waals surface area contributed by atoms with Crippen LogP contribution in [0.4, 0.5) is 16.2 Å². The van der Waals surface area contributed by atoms with Gasteiger partial charge in [0.2, 0.25) is 17.7 Å². The molecule has 4 amide bonds. The molecule has 5 aromatic rings. The Balaban J connectivity index is 0.780. The number of cyclic esters (lactones) is 1. The third-order valence-corrected chi connectivity index (χ3v) is 16.9. The average Bonchev–Trinajstić information content (AvgIpc) is 3.97. The second kappa shape index (κ2) is 17.5. The molecule has 352 valence electrons. The van der Waals surface area contributed by atoms with Crippen LogP contribution in [0.15, 0.2) is 97.1 Å². The molecule has 0 aromatic heterocycles. The highest BCUT2D eigenvalue weighted by Crippen LogP contribution is 2.49. The quantitative estimate of drug-likeness (QED) is 0.144. The van der Waals surface area contributed by atoms with Crippen molar-refractivity contribution in [2.24, 2.45) is 0 Å². The van der Waals surface area contributed by atoms with Crippen molar-refractivity contribution in [2.75, 3.05) is 49.6 Å². The van der Waals surface area contributed by atoms with Gasteiger partial charge in [0, 0.05) is 81.6 Å². The van der Waals surface area contributed by atoms with E-state index < -0.39 is 11.5 Å². The van der Waals surface area contributed by atoms with Crippen molar-refractivity contribution in [3.8, 4) is 11.1 Å². The van der Waals surface area contributed by atoms with Crippen molar-refractivity contribution in [1.29, 1.82) is 0 Å². The molecule has 0 saturated carbocycles. The van der Waals surface area contributed by atoms with E-state index in [1.54, 1.807) is 7.05 Å². The largest absolute Gasteiger partial charge is 0.444 e. The predicted octanol–water partition coefficient (Wildman–Crippen LogP) is 8.87. The fraction of sp³-hybridized carbons (Fsp3) is 0.439. The van der Waals surface area contributed by atoms with Crippen molar-refractivity contribution in [2.45, 2.75) is 120 Å². The van der Waals surface area contributed by atoms with Gasteiger partial charge in [0.25, 0.3) is 0 Å². The van der Waals surface area contributed by atoms with E-state index >= 15 is 0 Å². The first-order valence-corrected chi connectivity index (χ1v) is 25.1. The Kier molecular flexibility index (Phi) is 11.4. The lowest BCUT2D eigenvalue weighted by Gasteiger charge is -2.49. The maximum Gasteiger partial charge on any atom is 0.407 e. The molecule has 3 saturated heterocycles. The number of nitrogens with one attached hydrogen (secondary N) is 2. The van der Waals surface area contributed by atoms with E-state index in [1.807, 2.05) is 42.2 Å². The second-order valence-electron chi connectivity index (χ2n) is 20.8. The van der Waals surface area contributed by atoms with Gasteiger partial charge in [-0.25, -0.2) is 4.79 Å². The monoisotopic (exact) mass is 912 g/mol. The zero-order valence-electron chi connectivity index (χ0n) is 40.0. The first-order valence-electron chi connectivity index (χ1n) is 25.1. The van der Waals surface area contributed by atoms with Crippen LogP contribution < -0.4 is 20.4 Å². The number of rotatable bonds is 10. The lowest BCUT2D eigenvalue weighted by molar-refractivity contribution is -0.129. The summed E-state index contributed by atoms with van der Waals surface area (Å²) in [6, 6.07) is 35.1. The summed E-state index contributed by atoms with van der Waals surface area (Å²) in [4.78, 5) is 62.1. The van der Waals surface area contributed by atoms with Crippen molar-refractivity contribution < 1.29 is 23.9 Å². The topological polar surface area (TPSA) is 115 Å². The first kappa shape index (κ1) is 44.5. The highest BCUT2D eigenvalue weighted by molar-refractivity contribution is 6.10. The highest BCUT2D eigenvalue weighted by atomic mass is 16.6. The number of alkyl carbamates (subject to hydrolysis) is 1. The van der Waals surface area contributed by atoms with E-state index in [0.29, 0.717) is 13.0 Å². The van der Waals surface area contributed by atoms with Crippen LogP contribution in [-0.2, 0) is 43.0 Å². The number of benzene rings is 5. The normalized spacial score (nSPS) is 25.6. The average molecular weight is 913 g/mol. The van der Waals surface area contributed by atoms with E-state index in [2.05, 4.69) is 106 Å². The number of para-hydroxylation sites is 2. The molecule has 1 aliphatic carbocycles. The van der Waals surface area contributed by atoms with Gasteiger partial charge in [0.15, 0.2) is 0 Å². The number of carbonyl (C=O) groups is 4. The summed E-state index contributed by atoms with van der Waals surface area (Å²) in [7, 11) is 1.64. The number of hydrogen-bond acceptors (Lipinski definition) is 7. The summed E-state index contributed by atoms with van der Waals surface area (Å²) in [6.07, 6.45) is 6.83. The molecule has 4 unspecified atom stereocenters. The minimum atomic E-state index is -0.867. The van der Waals surface area contributed by atoms with Gasteiger partial charge >= 0.3 is 6.09 Å². The van der Waals surface area contributed by atoms with E-state index in [9.17, 15) is 19.2 Å². The Labute approximate surface area is 400 Å². The number of anilines is 2. The van der Waals surface area contributed by atoms with Crippen LogP contribution in [0.25, 0.3) is 21.9 Å². The number of likely N-dealkylation sites (tertiary alicyclic amines) is 2. The Morgan fingerprint density at radius 3 is 2.31 bits per heavy atom. The van der Waals surface area contributed by atoms with Gasteiger partial charge in [-0.05, 0) is 133 Å². The molecule has 68 heavy (non-hydrogen) atoms. The van der Waals surface area contributed by atoms with E-state index in [1.165, 1.54) is 44.2 Å². The lowest BCUT2D eigenvalue weighted by atomic mass is 9.74.